The molecule has 0 amide bonds. The van der Waals surface area contributed by atoms with E-state index in [1.165, 1.54) is 0 Å². The molecule has 1 aromatic heterocycles. The average Bonchev–Trinajstić information content (AvgIpc) is 2.98. The van der Waals surface area contributed by atoms with Crippen LogP contribution in [-0.2, 0) is 0 Å². The summed E-state index contributed by atoms with van der Waals surface area (Å²) in [6.07, 6.45) is 1.10. The number of anilines is 1. The van der Waals surface area contributed by atoms with Crippen molar-refractivity contribution < 1.29 is 9.26 Å². The van der Waals surface area contributed by atoms with Crippen molar-refractivity contribution in [3.8, 4) is 16.9 Å². The molecule has 2 aromatic rings. The lowest BCUT2D eigenvalue weighted by Crippen LogP contribution is -1.94. The third-order valence-electron chi connectivity index (χ3n) is 3.62. The van der Waals surface area contributed by atoms with Crippen molar-refractivity contribution in [3.05, 3.63) is 29.0 Å². The zero-order valence-corrected chi connectivity index (χ0v) is 11.6. The van der Waals surface area contributed by atoms with Gasteiger partial charge in [-0.3, -0.25) is 0 Å². The van der Waals surface area contributed by atoms with Crippen LogP contribution in [0.4, 0.5) is 5.82 Å². The molecule has 4 nitrogen and oxygen atoms in total. The van der Waals surface area contributed by atoms with E-state index in [0.717, 1.165) is 23.3 Å². The molecule has 19 heavy (non-hydrogen) atoms. The Balaban J connectivity index is 2.16. The molecular weight excluding hydrogens is 264 g/mol. The second-order valence-corrected chi connectivity index (χ2v) is 5.41. The van der Waals surface area contributed by atoms with Gasteiger partial charge in [0, 0.05) is 16.5 Å². The monoisotopic (exact) mass is 278 g/mol. The number of benzene rings is 1. The van der Waals surface area contributed by atoms with E-state index in [2.05, 4.69) is 12.1 Å². The van der Waals surface area contributed by atoms with Crippen LogP contribution in [0.1, 0.15) is 25.0 Å². The number of ether oxygens (including phenoxy) is 1. The summed E-state index contributed by atoms with van der Waals surface area (Å²) in [5, 5.41) is 4.53. The highest BCUT2D eigenvalue weighted by Crippen LogP contribution is 2.52. The van der Waals surface area contributed by atoms with E-state index in [1.807, 2.05) is 12.1 Å². The van der Waals surface area contributed by atoms with Gasteiger partial charge in [0.2, 0.25) is 0 Å². The maximum Gasteiger partial charge on any atom is 0.175 e. The summed E-state index contributed by atoms with van der Waals surface area (Å²) in [5.41, 5.74) is 7.60. The quantitative estimate of drug-likeness (QED) is 0.930. The maximum atomic E-state index is 6.07. The molecule has 1 aromatic carbocycles. The van der Waals surface area contributed by atoms with Gasteiger partial charge in [0.1, 0.15) is 11.5 Å². The van der Waals surface area contributed by atoms with Gasteiger partial charge < -0.3 is 15.0 Å². The first-order chi connectivity index (χ1) is 9.11. The second-order valence-electron chi connectivity index (χ2n) is 4.97. The van der Waals surface area contributed by atoms with E-state index in [4.69, 9.17) is 26.6 Å². The van der Waals surface area contributed by atoms with Gasteiger partial charge in [-0.05, 0) is 30.5 Å². The Bertz CT molecular complexity index is 624. The van der Waals surface area contributed by atoms with E-state index >= 15 is 0 Å². The molecule has 0 bridgehead atoms. The second kappa shape index (κ2) is 4.46. The number of aromatic nitrogens is 1. The highest BCUT2D eigenvalue weighted by Gasteiger charge is 2.40. The van der Waals surface area contributed by atoms with Crippen LogP contribution in [0.25, 0.3) is 11.1 Å². The van der Waals surface area contributed by atoms with Crippen molar-refractivity contribution in [1.82, 2.24) is 5.16 Å². The molecule has 0 saturated heterocycles. The smallest absolute Gasteiger partial charge is 0.175 e. The van der Waals surface area contributed by atoms with Gasteiger partial charge in [-0.2, -0.15) is 0 Å². The fraction of sp³-hybridized carbons (Fsp3) is 0.357. The number of hydrogen-bond acceptors (Lipinski definition) is 4. The van der Waals surface area contributed by atoms with E-state index in [1.54, 1.807) is 13.2 Å². The average molecular weight is 279 g/mol. The summed E-state index contributed by atoms with van der Waals surface area (Å²) < 4.78 is 10.8. The van der Waals surface area contributed by atoms with Crippen LogP contribution in [0.2, 0.25) is 5.02 Å². The normalized spacial score (nSPS) is 21.4. The highest BCUT2D eigenvalue weighted by atomic mass is 35.5. The molecule has 1 heterocycles. The van der Waals surface area contributed by atoms with Crippen LogP contribution in [0, 0.1) is 5.92 Å². The molecule has 2 N–H and O–H groups in total. The molecule has 2 atom stereocenters. The number of nitrogen functional groups attached to an aromatic ring is 1. The van der Waals surface area contributed by atoms with Crippen LogP contribution in [-0.4, -0.2) is 12.3 Å². The van der Waals surface area contributed by atoms with Crippen LogP contribution in [0.3, 0.4) is 0 Å². The van der Waals surface area contributed by atoms with Crippen LogP contribution in [0.5, 0.6) is 5.75 Å². The number of hydrogen-bond donors (Lipinski definition) is 1. The molecule has 1 saturated carbocycles. The zero-order valence-electron chi connectivity index (χ0n) is 10.8. The lowest BCUT2D eigenvalue weighted by atomic mass is 10.0. The molecule has 5 heteroatoms. The standard InChI is InChI=1S/C14H15ClN2O2/c1-7-5-9(7)13-12(14(16)17-19-13)10-6-8(15)3-4-11(10)18-2/h3-4,6-7,9H,5H2,1-2H3,(H2,16,17). The first kappa shape index (κ1) is 12.4. The van der Waals surface area contributed by atoms with Crippen molar-refractivity contribution in [3.63, 3.8) is 0 Å². The highest BCUT2D eigenvalue weighted by molar-refractivity contribution is 6.31. The maximum absolute atomic E-state index is 6.07. The summed E-state index contributed by atoms with van der Waals surface area (Å²) in [7, 11) is 1.62. The summed E-state index contributed by atoms with van der Waals surface area (Å²) in [6, 6.07) is 5.44. The predicted octanol–water partition coefficient (Wildman–Crippen LogP) is 3.71. The Kier molecular flexibility index (Phi) is 2.90. The van der Waals surface area contributed by atoms with Crippen molar-refractivity contribution in [2.75, 3.05) is 12.8 Å². The fourth-order valence-electron chi connectivity index (χ4n) is 2.40. The number of nitrogens with zero attached hydrogens (tertiary/aromatic N) is 1. The van der Waals surface area contributed by atoms with Gasteiger partial charge in [-0.15, -0.1) is 0 Å². The molecule has 3 rings (SSSR count). The van der Waals surface area contributed by atoms with E-state index in [-0.39, 0.29) is 0 Å². The first-order valence-electron chi connectivity index (χ1n) is 6.20. The van der Waals surface area contributed by atoms with Crippen LogP contribution in [0.15, 0.2) is 22.7 Å². The van der Waals surface area contributed by atoms with Crippen molar-refractivity contribution in [2.45, 2.75) is 19.3 Å². The number of halogens is 1. The van der Waals surface area contributed by atoms with Gasteiger partial charge >= 0.3 is 0 Å². The van der Waals surface area contributed by atoms with Crippen molar-refractivity contribution in [1.29, 1.82) is 0 Å². The largest absolute Gasteiger partial charge is 0.496 e. The molecule has 1 aliphatic rings. The number of methoxy groups -OCH3 is 1. The molecular formula is C14H15ClN2O2. The van der Waals surface area contributed by atoms with Gasteiger partial charge in [0.05, 0.1) is 12.7 Å². The Morgan fingerprint density at radius 3 is 2.84 bits per heavy atom. The topological polar surface area (TPSA) is 61.3 Å². The first-order valence-corrected chi connectivity index (χ1v) is 6.58. The summed E-state index contributed by atoms with van der Waals surface area (Å²) in [5.74, 6) is 2.94. The Morgan fingerprint density at radius 1 is 1.47 bits per heavy atom. The minimum Gasteiger partial charge on any atom is -0.496 e. The molecule has 0 radical (unpaired) electrons. The van der Waals surface area contributed by atoms with E-state index in [0.29, 0.717) is 28.4 Å². The van der Waals surface area contributed by atoms with Crippen molar-refractivity contribution >= 4 is 17.4 Å². The molecule has 0 aliphatic heterocycles. The minimum atomic E-state index is 0.384. The van der Waals surface area contributed by atoms with Gasteiger partial charge in [-0.25, -0.2) is 0 Å². The molecule has 1 fully saturated rings. The molecule has 2 unspecified atom stereocenters. The van der Waals surface area contributed by atoms with Gasteiger partial charge in [-0.1, -0.05) is 23.7 Å². The molecule has 0 spiro atoms. The van der Waals surface area contributed by atoms with Gasteiger partial charge in [0.25, 0.3) is 0 Å². The van der Waals surface area contributed by atoms with Gasteiger partial charge in [0.15, 0.2) is 5.82 Å². The SMILES string of the molecule is COc1ccc(Cl)cc1-c1c(N)noc1C1CC1C. The number of rotatable bonds is 3. The summed E-state index contributed by atoms with van der Waals surface area (Å²) in [6.45, 7) is 2.18. The minimum absolute atomic E-state index is 0.384. The summed E-state index contributed by atoms with van der Waals surface area (Å²) in [4.78, 5) is 0. The third-order valence-corrected chi connectivity index (χ3v) is 3.86. The Morgan fingerprint density at radius 2 is 2.21 bits per heavy atom. The predicted molar refractivity (Wildman–Crippen MR) is 74.4 cm³/mol. The lowest BCUT2D eigenvalue weighted by Gasteiger charge is -2.09. The van der Waals surface area contributed by atoms with Crippen LogP contribution >= 0.6 is 11.6 Å². The fourth-order valence-corrected chi connectivity index (χ4v) is 2.57. The number of nitrogens with two attached hydrogens (primary N) is 1. The molecule has 1 aliphatic carbocycles. The Hall–Kier alpha value is -1.68. The summed E-state index contributed by atoms with van der Waals surface area (Å²) >= 11 is 6.07. The third kappa shape index (κ3) is 2.06. The van der Waals surface area contributed by atoms with Crippen molar-refractivity contribution in [2.24, 2.45) is 5.92 Å². The molecule has 100 valence electrons. The Labute approximate surface area is 116 Å². The zero-order chi connectivity index (χ0) is 13.6. The van der Waals surface area contributed by atoms with E-state index in [9.17, 15) is 0 Å². The van der Waals surface area contributed by atoms with Crippen LogP contribution < -0.4 is 10.5 Å². The van der Waals surface area contributed by atoms with E-state index < -0.39 is 0 Å². The lowest BCUT2D eigenvalue weighted by molar-refractivity contribution is 0.384.